The van der Waals surface area contributed by atoms with Crippen LogP contribution in [-0.4, -0.2) is 62.7 Å². The van der Waals surface area contributed by atoms with Crippen LogP contribution in [0.25, 0.3) is 5.69 Å². The van der Waals surface area contributed by atoms with E-state index in [2.05, 4.69) is 45.4 Å². The molecule has 1 unspecified atom stereocenters. The lowest BCUT2D eigenvalue weighted by molar-refractivity contribution is 0.0974. The van der Waals surface area contributed by atoms with E-state index in [0.29, 0.717) is 11.6 Å². The van der Waals surface area contributed by atoms with Gasteiger partial charge in [-0.1, -0.05) is 0 Å². The van der Waals surface area contributed by atoms with E-state index >= 15 is 0 Å². The van der Waals surface area contributed by atoms with E-state index in [1.165, 1.54) is 0 Å². The van der Waals surface area contributed by atoms with Crippen LogP contribution in [0.2, 0.25) is 0 Å². The van der Waals surface area contributed by atoms with Crippen molar-refractivity contribution in [2.45, 2.75) is 19.5 Å². The summed E-state index contributed by atoms with van der Waals surface area (Å²) in [6.45, 7) is 6.04. The molecular weight excluding hydrogens is 278 g/mol. The van der Waals surface area contributed by atoms with Crippen LogP contribution in [0.4, 0.5) is 0 Å². The molecule has 2 heterocycles. The Bertz CT molecular complexity index is 670. The van der Waals surface area contributed by atoms with Crippen LogP contribution in [0.1, 0.15) is 18.3 Å². The van der Waals surface area contributed by atoms with E-state index in [1.54, 1.807) is 16.8 Å². The number of nitriles is 1. The average Bonchev–Trinajstić information content (AvgIpc) is 2.99. The maximum Gasteiger partial charge on any atom is 0.170 e. The monoisotopic (exact) mass is 297 g/mol. The molecule has 1 atom stereocenters. The molecule has 0 amide bonds. The van der Waals surface area contributed by atoms with Gasteiger partial charge in [-0.25, -0.2) is 0 Å². The van der Waals surface area contributed by atoms with Crippen LogP contribution in [0.5, 0.6) is 0 Å². The van der Waals surface area contributed by atoms with Crippen molar-refractivity contribution in [2.24, 2.45) is 0 Å². The van der Waals surface area contributed by atoms with Gasteiger partial charge in [0.25, 0.3) is 0 Å². The summed E-state index contributed by atoms with van der Waals surface area (Å²) >= 11 is 0. The van der Waals surface area contributed by atoms with Gasteiger partial charge in [0.05, 0.1) is 23.9 Å². The van der Waals surface area contributed by atoms with E-state index in [9.17, 15) is 0 Å². The van der Waals surface area contributed by atoms with Crippen LogP contribution >= 0.6 is 0 Å². The molecule has 2 aromatic rings. The Morgan fingerprint density at radius 1 is 1.27 bits per heavy atom. The number of hydrogen-bond donors (Lipinski definition) is 0. The first-order chi connectivity index (χ1) is 10.7. The Morgan fingerprint density at radius 2 is 2.05 bits per heavy atom. The van der Waals surface area contributed by atoms with Crippen molar-refractivity contribution in [3.8, 4) is 11.8 Å². The minimum absolute atomic E-state index is 0.535. The van der Waals surface area contributed by atoms with Gasteiger partial charge in [0.1, 0.15) is 0 Å². The number of rotatable bonds is 3. The van der Waals surface area contributed by atoms with Crippen molar-refractivity contribution in [2.75, 3.05) is 26.7 Å². The quantitative estimate of drug-likeness (QED) is 0.829. The van der Waals surface area contributed by atoms with Crippen LogP contribution in [0.3, 0.4) is 0 Å². The molecule has 3 rings (SSSR count). The SMILES string of the molecule is CC1CN(Cc2nnnn2-c2ccc(C#N)cc2)CCN1C. The highest BCUT2D eigenvalue weighted by Crippen LogP contribution is 2.13. The molecule has 1 aliphatic rings. The molecule has 0 aliphatic carbocycles. The molecule has 0 N–H and O–H groups in total. The molecule has 22 heavy (non-hydrogen) atoms. The second-order valence-electron chi connectivity index (χ2n) is 5.73. The average molecular weight is 297 g/mol. The maximum atomic E-state index is 8.87. The van der Waals surface area contributed by atoms with E-state index in [0.717, 1.165) is 37.7 Å². The summed E-state index contributed by atoms with van der Waals surface area (Å²) < 4.78 is 1.74. The zero-order valence-corrected chi connectivity index (χ0v) is 12.8. The fourth-order valence-corrected chi connectivity index (χ4v) is 2.65. The number of piperazine rings is 1. The number of tetrazole rings is 1. The summed E-state index contributed by atoms with van der Waals surface area (Å²) in [7, 11) is 2.16. The topological polar surface area (TPSA) is 73.9 Å². The van der Waals surface area contributed by atoms with Gasteiger partial charge in [0, 0.05) is 25.7 Å². The molecule has 1 fully saturated rings. The molecule has 0 radical (unpaired) electrons. The van der Waals surface area contributed by atoms with Gasteiger partial charge in [-0.05, 0) is 48.7 Å². The van der Waals surface area contributed by atoms with Gasteiger partial charge in [0.2, 0.25) is 0 Å². The van der Waals surface area contributed by atoms with Crippen LogP contribution in [-0.2, 0) is 6.54 Å². The lowest BCUT2D eigenvalue weighted by Crippen LogP contribution is -2.49. The smallest absolute Gasteiger partial charge is 0.170 e. The van der Waals surface area contributed by atoms with Crippen LogP contribution in [0.15, 0.2) is 24.3 Å². The minimum Gasteiger partial charge on any atom is -0.301 e. The van der Waals surface area contributed by atoms with E-state index in [1.807, 2.05) is 12.1 Å². The Morgan fingerprint density at radius 3 is 2.73 bits per heavy atom. The highest BCUT2D eigenvalue weighted by atomic mass is 15.5. The number of nitrogens with zero attached hydrogens (tertiary/aromatic N) is 7. The molecule has 1 aromatic heterocycles. The standard InChI is InChI=1S/C15H19N7/c1-12-10-21(8-7-20(12)2)11-15-17-18-19-22(15)14-5-3-13(9-16)4-6-14/h3-6,12H,7-8,10-11H2,1-2H3. The van der Waals surface area contributed by atoms with Crippen molar-refractivity contribution in [1.82, 2.24) is 30.0 Å². The Hall–Kier alpha value is -2.30. The van der Waals surface area contributed by atoms with E-state index in [-0.39, 0.29) is 0 Å². The fraction of sp³-hybridized carbons (Fsp3) is 0.467. The molecule has 0 saturated carbocycles. The second kappa shape index (κ2) is 6.22. The van der Waals surface area contributed by atoms with Crippen molar-refractivity contribution in [1.29, 1.82) is 5.26 Å². The second-order valence-corrected chi connectivity index (χ2v) is 5.73. The highest BCUT2D eigenvalue weighted by Gasteiger charge is 2.22. The van der Waals surface area contributed by atoms with E-state index < -0.39 is 0 Å². The molecule has 7 nitrogen and oxygen atoms in total. The summed E-state index contributed by atoms with van der Waals surface area (Å²) in [6, 6.07) is 9.94. The van der Waals surface area contributed by atoms with Crippen molar-refractivity contribution >= 4 is 0 Å². The number of hydrogen-bond acceptors (Lipinski definition) is 6. The maximum absolute atomic E-state index is 8.87. The largest absolute Gasteiger partial charge is 0.301 e. The summed E-state index contributed by atoms with van der Waals surface area (Å²) in [5.41, 5.74) is 1.51. The van der Waals surface area contributed by atoms with Gasteiger partial charge in [-0.2, -0.15) is 9.94 Å². The fourth-order valence-electron chi connectivity index (χ4n) is 2.65. The molecule has 1 aromatic carbocycles. The lowest BCUT2D eigenvalue weighted by Gasteiger charge is -2.37. The Balaban J connectivity index is 1.76. The summed E-state index contributed by atoms with van der Waals surface area (Å²) in [4.78, 5) is 4.73. The van der Waals surface area contributed by atoms with Gasteiger partial charge >= 0.3 is 0 Å². The first-order valence-corrected chi connectivity index (χ1v) is 7.38. The molecule has 7 heteroatoms. The van der Waals surface area contributed by atoms with Crippen LogP contribution in [0, 0.1) is 11.3 Å². The zero-order chi connectivity index (χ0) is 15.5. The molecule has 1 saturated heterocycles. The number of benzene rings is 1. The number of likely N-dealkylation sites (N-methyl/N-ethyl adjacent to an activating group) is 1. The van der Waals surface area contributed by atoms with Crippen molar-refractivity contribution in [3.05, 3.63) is 35.7 Å². The highest BCUT2D eigenvalue weighted by molar-refractivity contribution is 5.38. The van der Waals surface area contributed by atoms with Gasteiger partial charge in [0.15, 0.2) is 5.82 Å². The van der Waals surface area contributed by atoms with Crippen LogP contribution < -0.4 is 0 Å². The summed E-state index contributed by atoms with van der Waals surface area (Å²) in [5, 5.41) is 20.9. The molecular formula is C15H19N7. The Labute approximate surface area is 129 Å². The van der Waals surface area contributed by atoms with Gasteiger partial charge < -0.3 is 4.90 Å². The lowest BCUT2D eigenvalue weighted by atomic mass is 10.2. The predicted molar refractivity (Wildman–Crippen MR) is 81.2 cm³/mol. The third kappa shape index (κ3) is 2.98. The summed E-state index contributed by atoms with van der Waals surface area (Å²) in [5.74, 6) is 0.821. The first-order valence-electron chi connectivity index (χ1n) is 7.38. The Kier molecular flexibility index (Phi) is 4.13. The zero-order valence-electron chi connectivity index (χ0n) is 12.8. The van der Waals surface area contributed by atoms with Crippen molar-refractivity contribution < 1.29 is 0 Å². The number of aromatic nitrogens is 4. The third-order valence-corrected chi connectivity index (χ3v) is 4.18. The normalized spacial score (nSPS) is 20.0. The molecule has 0 bridgehead atoms. The van der Waals surface area contributed by atoms with Gasteiger partial charge in [-0.3, -0.25) is 4.90 Å². The molecule has 114 valence electrons. The predicted octanol–water partition coefficient (Wildman–Crippen LogP) is 0.670. The third-order valence-electron chi connectivity index (χ3n) is 4.18. The molecule has 1 aliphatic heterocycles. The van der Waals surface area contributed by atoms with E-state index in [4.69, 9.17) is 5.26 Å². The minimum atomic E-state index is 0.535. The molecule has 0 spiro atoms. The van der Waals surface area contributed by atoms with Crippen molar-refractivity contribution in [3.63, 3.8) is 0 Å². The summed E-state index contributed by atoms with van der Waals surface area (Å²) in [6.07, 6.45) is 0. The van der Waals surface area contributed by atoms with Gasteiger partial charge in [-0.15, -0.1) is 5.10 Å². The first kappa shape index (κ1) is 14.6.